The summed E-state index contributed by atoms with van der Waals surface area (Å²) in [7, 11) is 0. The van der Waals surface area contributed by atoms with Gasteiger partial charge in [0.1, 0.15) is 0 Å². The Morgan fingerprint density at radius 3 is 1.83 bits per heavy atom. The highest BCUT2D eigenvalue weighted by Crippen LogP contribution is 2.41. The molecule has 2 aliphatic heterocycles. The topological polar surface area (TPSA) is 57.5 Å². The maximum atomic E-state index is 11.2. The minimum absolute atomic E-state index is 0.0716. The van der Waals surface area contributed by atoms with Crippen LogP contribution in [0.2, 0.25) is 0 Å². The molecule has 2 saturated heterocycles. The van der Waals surface area contributed by atoms with Gasteiger partial charge in [-0.1, -0.05) is 38.8 Å². The van der Waals surface area contributed by atoms with E-state index in [1.165, 1.54) is 38.5 Å². The molecule has 2 aliphatic rings. The van der Waals surface area contributed by atoms with Gasteiger partial charge in [-0.3, -0.25) is 4.79 Å². The van der Waals surface area contributed by atoms with Gasteiger partial charge in [0.05, 0.1) is 5.41 Å². The van der Waals surface area contributed by atoms with E-state index in [9.17, 15) is 15.0 Å². The number of aliphatic hydroxyl groups excluding tert-OH is 1. The van der Waals surface area contributed by atoms with Crippen LogP contribution in [0.4, 0.5) is 0 Å². The molecule has 0 bridgehead atoms. The number of carboxylic acid groups (broad SMARTS) is 1. The van der Waals surface area contributed by atoms with E-state index in [0.29, 0.717) is 15.7 Å². The summed E-state index contributed by atoms with van der Waals surface area (Å²) in [4.78, 5) is 11.2. The third-order valence-electron chi connectivity index (χ3n) is 6.54. The fourth-order valence-electron chi connectivity index (χ4n) is 4.19. The molecule has 2 N–H and O–H groups in total. The van der Waals surface area contributed by atoms with Crippen molar-refractivity contribution in [2.45, 2.75) is 113 Å². The van der Waals surface area contributed by atoms with Crippen molar-refractivity contribution in [3.63, 3.8) is 0 Å². The molecule has 0 radical (unpaired) electrons. The van der Waals surface area contributed by atoms with Crippen molar-refractivity contribution in [2.24, 2.45) is 10.8 Å². The van der Waals surface area contributed by atoms with Crippen molar-refractivity contribution in [3.05, 3.63) is 12.2 Å². The number of thioether (sulfide) groups is 2. The summed E-state index contributed by atoms with van der Waals surface area (Å²) < 4.78 is 0. The van der Waals surface area contributed by atoms with Gasteiger partial charge in [-0.2, -0.15) is 23.5 Å². The summed E-state index contributed by atoms with van der Waals surface area (Å²) in [5.74, 6) is -0.679. The van der Waals surface area contributed by atoms with E-state index in [4.69, 9.17) is 0 Å². The quantitative estimate of drug-likeness (QED) is 0.336. The molecule has 0 aromatic rings. The van der Waals surface area contributed by atoms with Crippen molar-refractivity contribution in [1.82, 2.24) is 0 Å². The van der Waals surface area contributed by atoms with Crippen LogP contribution in [0, 0.1) is 10.8 Å². The number of aliphatic carboxylic acids is 1. The van der Waals surface area contributed by atoms with Gasteiger partial charge in [-0.25, -0.2) is 0 Å². The number of aliphatic hydroxyl groups is 1. The predicted octanol–water partition coefficient (Wildman–Crippen LogP) is 6.54. The zero-order chi connectivity index (χ0) is 21.5. The van der Waals surface area contributed by atoms with Gasteiger partial charge in [0, 0.05) is 27.6 Å². The molecule has 168 valence electrons. The third kappa shape index (κ3) is 8.86. The van der Waals surface area contributed by atoms with E-state index in [1.807, 2.05) is 13.8 Å². The van der Waals surface area contributed by atoms with Crippen LogP contribution in [-0.4, -0.2) is 43.8 Å². The largest absolute Gasteiger partial charge is 0.481 e. The summed E-state index contributed by atoms with van der Waals surface area (Å²) >= 11 is 4.26. The molecule has 0 aliphatic carbocycles. The second-order valence-electron chi connectivity index (χ2n) is 10.4. The average Bonchev–Trinajstić information content (AvgIpc) is 3.29. The fourth-order valence-corrected chi connectivity index (χ4v) is 7.23. The van der Waals surface area contributed by atoms with Crippen LogP contribution in [0.25, 0.3) is 0 Å². The van der Waals surface area contributed by atoms with Crippen LogP contribution in [0.15, 0.2) is 12.2 Å². The lowest BCUT2D eigenvalue weighted by molar-refractivity contribution is -0.147. The lowest BCUT2D eigenvalue weighted by Crippen LogP contribution is -2.23. The Bertz CT molecular complexity index is 544. The van der Waals surface area contributed by atoms with E-state index in [-0.39, 0.29) is 12.0 Å². The van der Waals surface area contributed by atoms with Gasteiger partial charge < -0.3 is 10.2 Å². The first-order chi connectivity index (χ1) is 13.6. The monoisotopic (exact) mass is 442 g/mol. The van der Waals surface area contributed by atoms with Crippen LogP contribution < -0.4 is 0 Å². The highest BCUT2D eigenvalue weighted by Gasteiger charge is 2.29. The summed E-state index contributed by atoms with van der Waals surface area (Å²) in [6, 6.07) is 0. The standard InChI is InChI=1S/C24H42O3S2/c1-23(2,17-25)15-5-7-18-9-11-20(28-18)13-14-21-12-10-19(29-21)8-6-16-24(3,4)22(26)27/h13-14,18-21,25H,5-12,15-17H2,1-4H3,(H,26,27)/b14-13-. The Kier molecular flexibility index (Phi) is 9.95. The summed E-state index contributed by atoms with van der Waals surface area (Å²) in [6.07, 6.45) is 16.7. The molecule has 4 unspecified atom stereocenters. The highest BCUT2D eigenvalue weighted by atomic mass is 32.2. The van der Waals surface area contributed by atoms with Crippen LogP contribution >= 0.6 is 23.5 Å². The van der Waals surface area contributed by atoms with Gasteiger partial charge >= 0.3 is 5.97 Å². The van der Waals surface area contributed by atoms with Crippen LogP contribution in [0.3, 0.4) is 0 Å². The Labute approximate surface area is 186 Å². The maximum absolute atomic E-state index is 11.2. The van der Waals surface area contributed by atoms with Crippen molar-refractivity contribution >= 4 is 29.5 Å². The third-order valence-corrected chi connectivity index (χ3v) is 9.73. The first kappa shape index (κ1) is 25.1. The minimum atomic E-state index is -0.679. The molecule has 0 aromatic carbocycles. The molecule has 5 heteroatoms. The Morgan fingerprint density at radius 2 is 1.38 bits per heavy atom. The molecule has 2 heterocycles. The summed E-state index contributed by atoms with van der Waals surface area (Å²) in [6.45, 7) is 8.26. The van der Waals surface area contributed by atoms with Crippen molar-refractivity contribution < 1.29 is 15.0 Å². The molecule has 29 heavy (non-hydrogen) atoms. The Hall–Kier alpha value is -0.130. The molecule has 4 atom stereocenters. The van der Waals surface area contributed by atoms with Gasteiger partial charge in [0.15, 0.2) is 0 Å². The second kappa shape index (κ2) is 11.5. The van der Waals surface area contributed by atoms with Crippen LogP contribution in [-0.2, 0) is 4.79 Å². The van der Waals surface area contributed by atoms with Gasteiger partial charge in [0.2, 0.25) is 0 Å². The number of hydrogen-bond donors (Lipinski definition) is 2. The normalized spacial score (nSPS) is 28.4. The van der Waals surface area contributed by atoms with E-state index >= 15 is 0 Å². The molecule has 2 fully saturated rings. The van der Waals surface area contributed by atoms with E-state index in [1.54, 1.807) is 0 Å². The number of carbonyl (C=O) groups is 1. The minimum Gasteiger partial charge on any atom is -0.481 e. The lowest BCUT2D eigenvalue weighted by atomic mass is 9.87. The number of rotatable bonds is 12. The molecule has 0 amide bonds. The van der Waals surface area contributed by atoms with E-state index in [0.717, 1.165) is 30.9 Å². The molecule has 3 nitrogen and oxygen atoms in total. The summed E-state index contributed by atoms with van der Waals surface area (Å²) in [5.41, 5.74) is -0.519. The Balaban J connectivity index is 1.62. The summed E-state index contributed by atoms with van der Waals surface area (Å²) in [5, 5.41) is 21.4. The number of hydrogen-bond acceptors (Lipinski definition) is 4. The van der Waals surface area contributed by atoms with Gasteiger partial charge in [-0.15, -0.1) is 0 Å². The molecule has 0 saturated carbocycles. The molecular weight excluding hydrogens is 400 g/mol. The molecule has 2 rings (SSSR count). The smallest absolute Gasteiger partial charge is 0.309 e. The van der Waals surface area contributed by atoms with Crippen molar-refractivity contribution in [2.75, 3.05) is 6.61 Å². The fraction of sp³-hybridized carbons (Fsp3) is 0.875. The zero-order valence-corrected chi connectivity index (χ0v) is 20.5. The highest BCUT2D eigenvalue weighted by molar-refractivity contribution is 8.01. The van der Waals surface area contributed by atoms with E-state index in [2.05, 4.69) is 49.5 Å². The van der Waals surface area contributed by atoms with Gasteiger partial charge in [-0.05, 0) is 70.6 Å². The lowest BCUT2D eigenvalue weighted by Gasteiger charge is -2.22. The maximum Gasteiger partial charge on any atom is 0.309 e. The molecule has 0 spiro atoms. The number of carboxylic acids is 1. The van der Waals surface area contributed by atoms with Crippen molar-refractivity contribution in [3.8, 4) is 0 Å². The Morgan fingerprint density at radius 1 is 0.897 bits per heavy atom. The first-order valence-corrected chi connectivity index (χ1v) is 13.3. The second-order valence-corrected chi connectivity index (χ2v) is 13.5. The SMILES string of the molecule is CC(C)(CO)CCCC1CCC(/C=C\C2CCC(CCCC(C)(C)C(=O)O)S2)S1. The van der Waals surface area contributed by atoms with Crippen LogP contribution in [0.1, 0.15) is 91.9 Å². The zero-order valence-electron chi connectivity index (χ0n) is 18.9. The predicted molar refractivity (Wildman–Crippen MR) is 128 cm³/mol. The molecule has 0 aromatic heterocycles. The molecular formula is C24H42O3S2. The van der Waals surface area contributed by atoms with Crippen molar-refractivity contribution in [1.29, 1.82) is 0 Å². The van der Waals surface area contributed by atoms with Crippen LogP contribution in [0.5, 0.6) is 0 Å². The van der Waals surface area contributed by atoms with E-state index < -0.39 is 11.4 Å². The average molecular weight is 443 g/mol. The first-order valence-electron chi connectivity index (χ1n) is 11.4. The van der Waals surface area contributed by atoms with Gasteiger partial charge in [0.25, 0.3) is 0 Å².